The van der Waals surface area contributed by atoms with E-state index in [1.54, 1.807) is 7.05 Å². The highest BCUT2D eigenvalue weighted by Crippen LogP contribution is 2.33. The van der Waals surface area contributed by atoms with Crippen molar-refractivity contribution in [2.75, 3.05) is 11.9 Å². The third-order valence-corrected chi connectivity index (χ3v) is 3.16. The Morgan fingerprint density at radius 2 is 2.00 bits per heavy atom. The van der Waals surface area contributed by atoms with Gasteiger partial charge in [-0.1, -0.05) is 27.7 Å². The Kier molecular flexibility index (Phi) is 4.88. The summed E-state index contributed by atoms with van der Waals surface area (Å²) in [5.41, 5.74) is 6.25. The normalized spacial score (nSPS) is 13.1. The largest absolute Gasteiger partial charge is 0.360 e. The maximum atomic E-state index is 11.3. The molecule has 0 fully saturated rings. The second kappa shape index (κ2) is 6.01. The fourth-order valence-electron chi connectivity index (χ4n) is 1.94. The highest BCUT2D eigenvalue weighted by atomic mass is 16.6. The predicted molar refractivity (Wildman–Crippen MR) is 75.3 cm³/mol. The van der Waals surface area contributed by atoms with Crippen LogP contribution in [0.25, 0.3) is 0 Å². The molecule has 0 amide bonds. The molecule has 7 nitrogen and oxygen atoms in total. The molecule has 3 N–H and O–H groups in total. The van der Waals surface area contributed by atoms with Gasteiger partial charge in [0.2, 0.25) is 5.82 Å². The average Bonchev–Trinajstić information content (AvgIpc) is 2.63. The van der Waals surface area contributed by atoms with Crippen LogP contribution in [0.2, 0.25) is 0 Å². The Bertz CT molecular complexity index is 453. The van der Waals surface area contributed by atoms with E-state index in [-0.39, 0.29) is 28.5 Å². The molecule has 0 saturated heterocycles. The van der Waals surface area contributed by atoms with Crippen molar-refractivity contribution in [3.8, 4) is 0 Å². The summed E-state index contributed by atoms with van der Waals surface area (Å²) < 4.78 is 1.53. The SMILES string of the molecule is CC(C)c1nn(C)c(NC(CN)C(C)C)c1[N+](=O)[O-]. The number of hydrogen-bond donors (Lipinski definition) is 2. The zero-order valence-electron chi connectivity index (χ0n) is 12.2. The average molecular weight is 269 g/mol. The van der Waals surface area contributed by atoms with Crippen LogP contribution in [0.3, 0.4) is 0 Å². The summed E-state index contributed by atoms with van der Waals surface area (Å²) in [7, 11) is 1.70. The van der Waals surface area contributed by atoms with E-state index in [0.717, 1.165) is 0 Å². The molecular formula is C12H23N5O2. The minimum absolute atomic E-state index is 0.00229. The van der Waals surface area contributed by atoms with Crippen LogP contribution in [-0.2, 0) is 7.05 Å². The monoisotopic (exact) mass is 269 g/mol. The van der Waals surface area contributed by atoms with Crippen molar-refractivity contribution in [1.82, 2.24) is 9.78 Å². The van der Waals surface area contributed by atoms with Crippen LogP contribution in [0.1, 0.15) is 39.3 Å². The van der Waals surface area contributed by atoms with Gasteiger partial charge in [-0.3, -0.25) is 10.1 Å². The summed E-state index contributed by atoms with van der Waals surface area (Å²) in [6.45, 7) is 8.24. The van der Waals surface area contributed by atoms with Gasteiger partial charge in [0.1, 0.15) is 5.69 Å². The van der Waals surface area contributed by atoms with Gasteiger partial charge in [0.25, 0.3) is 0 Å². The number of nitrogens with two attached hydrogens (primary N) is 1. The second-order valence-electron chi connectivity index (χ2n) is 5.35. The van der Waals surface area contributed by atoms with Crippen LogP contribution in [0.5, 0.6) is 0 Å². The van der Waals surface area contributed by atoms with Crippen molar-refractivity contribution >= 4 is 11.5 Å². The summed E-state index contributed by atoms with van der Waals surface area (Å²) in [5, 5.41) is 18.7. The Labute approximate surface area is 113 Å². The molecule has 0 aliphatic carbocycles. The summed E-state index contributed by atoms with van der Waals surface area (Å²) in [6.07, 6.45) is 0. The van der Waals surface area contributed by atoms with Crippen molar-refractivity contribution in [3.05, 3.63) is 15.8 Å². The van der Waals surface area contributed by atoms with Crippen LogP contribution >= 0.6 is 0 Å². The number of nitrogens with one attached hydrogen (secondary N) is 1. The van der Waals surface area contributed by atoms with Gasteiger partial charge in [-0.15, -0.1) is 0 Å². The third-order valence-electron chi connectivity index (χ3n) is 3.16. The number of anilines is 1. The van der Waals surface area contributed by atoms with Gasteiger partial charge in [-0.05, 0) is 5.92 Å². The number of nitrogens with zero attached hydrogens (tertiary/aromatic N) is 3. The molecule has 1 aromatic rings. The number of nitro groups is 1. The molecule has 0 bridgehead atoms. The molecule has 0 radical (unpaired) electrons. The topological polar surface area (TPSA) is 99.0 Å². The van der Waals surface area contributed by atoms with Gasteiger partial charge in [-0.25, -0.2) is 4.68 Å². The highest BCUT2D eigenvalue weighted by molar-refractivity contribution is 5.61. The van der Waals surface area contributed by atoms with Crippen molar-refractivity contribution in [1.29, 1.82) is 0 Å². The lowest BCUT2D eigenvalue weighted by atomic mass is 10.0. The molecule has 0 aliphatic rings. The first-order valence-corrected chi connectivity index (χ1v) is 6.47. The molecule has 1 atom stereocenters. The lowest BCUT2D eigenvalue weighted by molar-refractivity contribution is -0.384. The van der Waals surface area contributed by atoms with E-state index in [9.17, 15) is 10.1 Å². The van der Waals surface area contributed by atoms with E-state index in [2.05, 4.69) is 10.4 Å². The molecule has 0 saturated carbocycles. The Balaban J connectivity index is 3.23. The zero-order chi connectivity index (χ0) is 14.7. The summed E-state index contributed by atoms with van der Waals surface area (Å²) in [4.78, 5) is 10.9. The van der Waals surface area contributed by atoms with E-state index in [0.29, 0.717) is 18.1 Å². The number of aromatic nitrogens is 2. The van der Waals surface area contributed by atoms with Crippen LogP contribution in [0, 0.1) is 16.0 Å². The van der Waals surface area contributed by atoms with Gasteiger partial charge < -0.3 is 11.1 Å². The van der Waals surface area contributed by atoms with E-state index in [1.165, 1.54) is 4.68 Å². The van der Waals surface area contributed by atoms with E-state index in [1.807, 2.05) is 27.7 Å². The van der Waals surface area contributed by atoms with Crippen molar-refractivity contribution < 1.29 is 4.92 Å². The minimum Gasteiger partial charge on any atom is -0.360 e. The number of hydrogen-bond acceptors (Lipinski definition) is 5. The van der Waals surface area contributed by atoms with E-state index < -0.39 is 0 Å². The Morgan fingerprint density at radius 3 is 2.37 bits per heavy atom. The van der Waals surface area contributed by atoms with Gasteiger partial charge in [0.05, 0.1) is 4.92 Å². The molecule has 1 unspecified atom stereocenters. The smallest absolute Gasteiger partial charge is 0.334 e. The van der Waals surface area contributed by atoms with Crippen LogP contribution in [-0.4, -0.2) is 27.3 Å². The molecule has 1 heterocycles. The summed E-state index contributed by atoms with van der Waals surface area (Å²) in [6, 6.07) is -0.0193. The lowest BCUT2D eigenvalue weighted by Gasteiger charge is -2.21. The second-order valence-corrected chi connectivity index (χ2v) is 5.35. The molecule has 0 aromatic carbocycles. The molecular weight excluding hydrogens is 246 g/mol. The minimum atomic E-state index is -0.376. The number of aryl methyl sites for hydroxylation is 1. The summed E-state index contributed by atoms with van der Waals surface area (Å²) in [5.74, 6) is 0.706. The molecule has 19 heavy (non-hydrogen) atoms. The Morgan fingerprint density at radius 1 is 1.42 bits per heavy atom. The summed E-state index contributed by atoms with van der Waals surface area (Å²) >= 11 is 0. The van der Waals surface area contributed by atoms with Gasteiger partial charge in [0, 0.05) is 25.6 Å². The van der Waals surface area contributed by atoms with Crippen molar-refractivity contribution in [3.63, 3.8) is 0 Å². The van der Waals surface area contributed by atoms with Gasteiger partial charge in [-0.2, -0.15) is 5.10 Å². The van der Waals surface area contributed by atoms with Crippen LogP contribution in [0.4, 0.5) is 11.5 Å². The third kappa shape index (κ3) is 3.23. The maximum Gasteiger partial charge on any atom is 0.334 e. The van der Waals surface area contributed by atoms with Gasteiger partial charge >= 0.3 is 5.69 Å². The highest BCUT2D eigenvalue weighted by Gasteiger charge is 2.29. The fourth-order valence-corrected chi connectivity index (χ4v) is 1.94. The van der Waals surface area contributed by atoms with Gasteiger partial charge in [0.15, 0.2) is 0 Å². The van der Waals surface area contributed by atoms with E-state index >= 15 is 0 Å². The number of rotatable bonds is 6. The van der Waals surface area contributed by atoms with Crippen LogP contribution < -0.4 is 11.1 Å². The first-order chi connectivity index (χ1) is 8.79. The zero-order valence-corrected chi connectivity index (χ0v) is 12.2. The molecule has 108 valence electrons. The molecule has 0 aliphatic heterocycles. The molecule has 1 rings (SSSR count). The van der Waals surface area contributed by atoms with Crippen molar-refractivity contribution in [2.45, 2.75) is 39.7 Å². The first-order valence-electron chi connectivity index (χ1n) is 6.47. The maximum absolute atomic E-state index is 11.3. The predicted octanol–water partition coefficient (Wildman–Crippen LogP) is 1.85. The quantitative estimate of drug-likeness (QED) is 0.606. The van der Waals surface area contributed by atoms with Crippen molar-refractivity contribution in [2.24, 2.45) is 18.7 Å². The fraction of sp³-hybridized carbons (Fsp3) is 0.750. The molecule has 1 aromatic heterocycles. The Hall–Kier alpha value is -1.63. The van der Waals surface area contributed by atoms with Crippen LogP contribution in [0.15, 0.2) is 0 Å². The van der Waals surface area contributed by atoms with E-state index in [4.69, 9.17) is 5.73 Å². The molecule has 0 spiro atoms. The standard InChI is InChI=1S/C12H23N5O2/c1-7(2)9(6-13)14-12-11(17(18)19)10(8(3)4)15-16(12)5/h7-9,14H,6,13H2,1-5H3. The lowest BCUT2D eigenvalue weighted by Crippen LogP contribution is -2.34. The molecule has 7 heteroatoms. The first kappa shape index (κ1) is 15.4.